The summed E-state index contributed by atoms with van der Waals surface area (Å²) in [5.41, 5.74) is 0. The number of carbonyl (C=O) groups excluding carboxylic acids is 1. The smallest absolute Gasteiger partial charge is 0.317 e. The molecule has 1 atom stereocenters. The summed E-state index contributed by atoms with van der Waals surface area (Å²) in [6, 6.07) is 0.442. The number of nitrogens with zero attached hydrogens (tertiary/aromatic N) is 1. The fourth-order valence-electron chi connectivity index (χ4n) is 1.48. The molecule has 0 saturated heterocycles. The lowest BCUT2D eigenvalue weighted by Gasteiger charge is -2.25. The van der Waals surface area contributed by atoms with Crippen molar-refractivity contribution in [2.75, 3.05) is 13.1 Å². The largest absolute Gasteiger partial charge is 0.480 e. The second kappa shape index (κ2) is 5.84. The van der Waals surface area contributed by atoms with Crippen LogP contribution in [-0.4, -0.2) is 47.1 Å². The van der Waals surface area contributed by atoms with E-state index in [4.69, 9.17) is 5.11 Å². The van der Waals surface area contributed by atoms with Gasteiger partial charge in [0.05, 0.1) is 13.1 Å². The number of carboxylic acids is 1. The maximum Gasteiger partial charge on any atom is 0.317 e. The number of carboxylic acid groups (broad SMARTS) is 1. The molecular formula is C11H20N2O3. The summed E-state index contributed by atoms with van der Waals surface area (Å²) in [4.78, 5) is 23.9. The lowest BCUT2D eigenvalue weighted by atomic mass is 10.2. The predicted molar refractivity (Wildman–Crippen MR) is 60.1 cm³/mol. The van der Waals surface area contributed by atoms with Crippen molar-refractivity contribution in [3.8, 4) is 0 Å². The van der Waals surface area contributed by atoms with Gasteiger partial charge < -0.3 is 10.4 Å². The Bertz CT molecular complexity index is 264. The van der Waals surface area contributed by atoms with E-state index in [0.717, 1.165) is 19.3 Å². The zero-order chi connectivity index (χ0) is 12.1. The first-order valence-corrected chi connectivity index (χ1v) is 5.78. The third-order valence-electron chi connectivity index (χ3n) is 2.84. The molecule has 0 aromatic carbocycles. The van der Waals surface area contributed by atoms with Crippen molar-refractivity contribution in [3.63, 3.8) is 0 Å². The molecule has 1 saturated carbocycles. The number of carbonyl (C=O) groups is 2. The highest BCUT2D eigenvalue weighted by atomic mass is 16.4. The molecule has 16 heavy (non-hydrogen) atoms. The summed E-state index contributed by atoms with van der Waals surface area (Å²) in [5.74, 6) is -0.955. The summed E-state index contributed by atoms with van der Waals surface area (Å²) < 4.78 is 0. The van der Waals surface area contributed by atoms with Gasteiger partial charge in [-0.3, -0.25) is 14.5 Å². The van der Waals surface area contributed by atoms with Crippen LogP contribution in [0.25, 0.3) is 0 Å². The van der Waals surface area contributed by atoms with Crippen molar-refractivity contribution in [2.45, 2.75) is 45.2 Å². The van der Waals surface area contributed by atoms with Crippen LogP contribution in [0, 0.1) is 0 Å². The van der Waals surface area contributed by atoms with E-state index in [-0.39, 0.29) is 25.0 Å². The molecule has 0 spiro atoms. The van der Waals surface area contributed by atoms with Gasteiger partial charge in [-0.25, -0.2) is 0 Å². The zero-order valence-corrected chi connectivity index (χ0v) is 9.90. The maximum absolute atomic E-state index is 11.6. The van der Waals surface area contributed by atoms with Crippen molar-refractivity contribution in [1.29, 1.82) is 0 Å². The van der Waals surface area contributed by atoms with E-state index in [1.807, 2.05) is 13.8 Å². The number of hydrogen-bond donors (Lipinski definition) is 2. The van der Waals surface area contributed by atoms with E-state index in [2.05, 4.69) is 5.32 Å². The SMILES string of the molecule is CCC(C)N(CC(=O)O)CC(=O)NC1CC1. The van der Waals surface area contributed by atoms with E-state index in [1.165, 1.54) is 0 Å². The monoisotopic (exact) mass is 228 g/mol. The van der Waals surface area contributed by atoms with E-state index >= 15 is 0 Å². The van der Waals surface area contributed by atoms with Crippen molar-refractivity contribution >= 4 is 11.9 Å². The van der Waals surface area contributed by atoms with Gasteiger partial charge in [0.25, 0.3) is 0 Å². The van der Waals surface area contributed by atoms with Gasteiger partial charge in [0.2, 0.25) is 5.91 Å². The summed E-state index contributed by atoms with van der Waals surface area (Å²) >= 11 is 0. The maximum atomic E-state index is 11.6. The molecule has 0 radical (unpaired) electrons. The lowest BCUT2D eigenvalue weighted by Crippen LogP contribution is -2.44. The first kappa shape index (κ1) is 13.0. The Morgan fingerprint density at radius 3 is 2.50 bits per heavy atom. The molecule has 2 N–H and O–H groups in total. The molecule has 0 aromatic rings. The first-order chi connectivity index (χ1) is 7.52. The number of nitrogens with one attached hydrogen (secondary N) is 1. The molecule has 92 valence electrons. The summed E-state index contributed by atoms with van der Waals surface area (Å²) in [6.45, 7) is 4.02. The minimum absolute atomic E-state index is 0.0657. The van der Waals surface area contributed by atoms with Crippen LogP contribution in [0.3, 0.4) is 0 Å². The normalized spacial score (nSPS) is 17.2. The average Bonchev–Trinajstić information content (AvgIpc) is 2.98. The van der Waals surface area contributed by atoms with Gasteiger partial charge in [-0.05, 0) is 26.2 Å². The summed E-state index contributed by atoms with van der Waals surface area (Å²) in [6.07, 6.45) is 2.94. The summed E-state index contributed by atoms with van der Waals surface area (Å²) in [7, 11) is 0. The molecule has 1 aliphatic carbocycles. The third kappa shape index (κ3) is 4.61. The topological polar surface area (TPSA) is 69.6 Å². The van der Waals surface area contributed by atoms with Crippen molar-refractivity contribution in [1.82, 2.24) is 10.2 Å². The standard InChI is InChI=1S/C11H20N2O3/c1-3-8(2)13(7-11(15)16)6-10(14)12-9-4-5-9/h8-9H,3-7H2,1-2H3,(H,12,14)(H,15,16). The Balaban J connectivity index is 2.40. The number of amides is 1. The highest BCUT2D eigenvalue weighted by molar-refractivity contribution is 5.79. The van der Waals surface area contributed by atoms with Crippen LogP contribution in [0.5, 0.6) is 0 Å². The van der Waals surface area contributed by atoms with Crippen molar-refractivity contribution < 1.29 is 14.7 Å². The molecule has 0 aromatic heterocycles. The molecule has 5 heteroatoms. The molecule has 1 aliphatic rings. The van der Waals surface area contributed by atoms with Crippen LogP contribution >= 0.6 is 0 Å². The molecule has 0 aliphatic heterocycles. The zero-order valence-electron chi connectivity index (χ0n) is 9.90. The molecule has 1 rings (SSSR count). The van der Waals surface area contributed by atoms with E-state index in [0.29, 0.717) is 6.04 Å². The molecule has 0 bridgehead atoms. The van der Waals surface area contributed by atoms with Gasteiger partial charge in [0.1, 0.15) is 0 Å². The fourth-order valence-corrected chi connectivity index (χ4v) is 1.48. The predicted octanol–water partition coefficient (Wildman–Crippen LogP) is 0.450. The third-order valence-corrected chi connectivity index (χ3v) is 2.84. The molecule has 1 amide bonds. The molecule has 1 fully saturated rings. The van der Waals surface area contributed by atoms with Crippen molar-refractivity contribution in [3.05, 3.63) is 0 Å². The van der Waals surface area contributed by atoms with Crippen LogP contribution in [0.4, 0.5) is 0 Å². The molecule has 5 nitrogen and oxygen atoms in total. The Morgan fingerprint density at radius 1 is 1.44 bits per heavy atom. The highest BCUT2D eigenvalue weighted by Crippen LogP contribution is 2.18. The number of aliphatic carboxylic acids is 1. The molecular weight excluding hydrogens is 208 g/mol. The second-order valence-corrected chi connectivity index (χ2v) is 4.40. The van der Waals surface area contributed by atoms with Gasteiger partial charge in [-0.1, -0.05) is 6.92 Å². The van der Waals surface area contributed by atoms with Crippen molar-refractivity contribution in [2.24, 2.45) is 0 Å². The molecule has 0 heterocycles. The Morgan fingerprint density at radius 2 is 2.06 bits per heavy atom. The van der Waals surface area contributed by atoms with Gasteiger partial charge in [-0.2, -0.15) is 0 Å². The van der Waals surface area contributed by atoms with Crippen LogP contribution in [0.1, 0.15) is 33.1 Å². The Kier molecular flexibility index (Phi) is 4.73. The number of hydrogen-bond acceptors (Lipinski definition) is 3. The minimum atomic E-state index is -0.889. The van der Waals surface area contributed by atoms with Crippen LogP contribution < -0.4 is 5.32 Å². The van der Waals surface area contributed by atoms with E-state index < -0.39 is 5.97 Å². The fraction of sp³-hybridized carbons (Fsp3) is 0.818. The van der Waals surface area contributed by atoms with Crippen LogP contribution in [0.2, 0.25) is 0 Å². The Hall–Kier alpha value is -1.10. The lowest BCUT2D eigenvalue weighted by molar-refractivity contribution is -0.139. The average molecular weight is 228 g/mol. The van der Waals surface area contributed by atoms with E-state index in [9.17, 15) is 9.59 Å². The van der Waals surface area contributed by atoms with Gasteiger partial charge in [-0.15, -0.1) is 0 Å². The second-order valence-electron chi connectivity index (χ2n) is 4.40. The minimum Gasteiger partial charge on any atom is -0.480 e. The summed E-state index contributed by atoms with van der Waals surface area (Å²) in [5, 5.41) is 11.6. The first-order valence-electron chi connectivity index (χ1n) is 5.78. The number of rotatable bonds is 7. The van der Waals surface area contributed by atoms with Gasteiger partial charge in [0.15, 0.2) is 0 Å². The quantitative estimate of drug-likeness (QED) is 0.664. The highest BCUT2D eigenvalue weighted by Gasteiger charge is 2.25. The van der Waals surface area contributed by atoms with Gasteiger partial charge in [0, 0.05) is 12.1 Å². The van der Waals surface area contributed by atoms with Gasteiger partial charge >= 0.3 is 5.97 Å². The van der Waals surface area contributed by atoms with E-state index in [1.54, 1.807) is 4.90 Å². The van der Waals surface area contributed by atoms with Crippen LogP contribution in [0.15, 0.2) is 0 Å². The molecule has 1 unspecified atom stereocenters. The Labute approximate surface area is 95.8 Å². The van der Waals surface area contributed by atoms with Crippen LogP contribution in [-0.2, 0) is 9.59 Å².